The molecular formula is C11H12ClN3. The number of aromatic amines is 1. The summed E-state index contributed by atoms with van der Waals surface area (Å²) in [4.78, 5) is 7.88. The summed E-state index contributed by atoms with van der Waals surface area (Å²) in [6.45, 7) is 1.09. The molecule has 2 heterocycles. The first kappa shape index (κ1) is 9.19. The molecule has 1 atom stereocenters. The van der Waals surface area contributed by atoms with E-state index in [2.05, 4.69) is 15.3 Å². The van der Waals surface area contributed by atoms with Gasteiger partial charge in [-0.15, -0.1) is 0 Å². The van der Waals surface area contributed by atoms with Crippen LogP contribution in [0.4, 0.5) is 0 Å². The minimum Gasteiger partial charge on any atom is -0.341 e. The molecule has 15 heavy (non-hydrogen) atoms. The molecule has 1 aromatic heterocycles. The fourth-order valence-corrected chi connectivity index (χ4v) is 2.26. The molecule has 0 bridgehead atoms. The Labute approximate surface area is 92.8 Å². The molecule has 4 heteroatoms. The number of benzene rings is 1. The number of imidazole rings is 1. The summed E-state index contributed by atoms with van der Waals surface area (Å²) in [5.41, 5.74) is 2.01. The Kier molecular flexibility index (Phi) is 2.15. The molecular weight excluding hydrogens is 210 g/mol. The lowest BCUT2D eigenvalue weighted by atomic mass is 10.2. The zero-order valence-corrected chi connectivity index (χ0v) is 9.01. The van der Waals surface area contributed by atoms with Gasteiger partial charge in [0.15, 0.2) is 0 Å². The number of hydrogen-bond donors (Lipinski definition) is 2. The largest absolute Gasteiger partial charge is 0.341 e. The molecule has 0 radical (unpaired) electrons. The molecule has 3 nitrogen and oxygen atoms in total. The molecule has 0 aliphatic carbocycles. The minimum absolute atomic E-state index is 0.385. The van der Waals surface area contributed by atoms with Gasteiger partial charge in [-0.1, -0.05) is 11.6 Å². The van der Waals surface area contributed by atoms with Crippen molar-refractivity contribution >= 4 is 22.6 Å². The van der Waals surface area contributed by atoms with Gasteiger partial charge in [-0.2, -0.15) is 0 Å². The average Bonchev–Trinajstić information content (AvgIpc) is 2.84. The molecule has 1 aliphatic rings. The summed E-state index contributed by atoms with van der Waals surface area (Å²) in [5, 5.41) is 4.17. The SMILES string of the molecule is Clc1ccc2nc(C3CCCN3)[nH]c2c1. The van der Waals surface area contributed by atoms with E-state index in [-0.39, 0.29) is 0 Å². The van der Waals surface area contributed by atoms with Gasteiger partial charge in [0.25, 0.3) is 0 Å². The first-order valence-corrected chi connectivity index (χ1v) is 5.59. The van der Waals surface area contributed by atoms with Crippen LogP contribution in [0.5, 0.6) is 0 Å². The van der Waals surface area contributed by atoms with E-state index >= 15 is 0 Å². The van der Waals surface area contributed by atoms with Gasteiger partial charge in [0.05, 0.1) is 17.1 Å². The van der Waals surface area contributed by atoms with Crippen molar-refractivity contribution in [3.8, 4) is 0 Å². The van der Waals surface area contributed by atoms with E-state index in [0.717, 1.165) is 34.8 Å². The number of aromatic nitrogens is 2. The number of nitrogens with zero attached hydrogens (tertiary/aromatic N) is 1. The third kappa shape index (κ3) is 1.62. The van der Waals surface area contributed by atoms with Crippen LogP contribution < -0.4 is 5.32 Å². The Hall–Kier alpha value is -1.06. The summed E-state index contributed by atoms with van der Waals surface area (Å²) >= 11 is 5.92. The van der Waals surface area contributed by atoms with E-state index in [9.17, 15) is 0 Å². The molecule has 0 saturated carbocycles. The van der Waals surface area contributed by atoms with E-state index in [0.29, 0.717) is 6.04 Å². The van der Waals surface area contributed by atoms with Crippen molar-refractivity contribution in [2.45, 2.75) is 18.9 Å². The van der Waals surface area contributed by atoms with Crippen molar-refractivity contribution in [3.05, 3.63) is 29.0 Å². The third-order valence-corrected chi connectivity index (χ3v) is 3.09. The second-order valence-corrected chi connectivity index (χ2v) is 4.37. The zero-order chi connectivity index (χ0) is 10.3. The molecule has 1 saturated heterocycles. The first-order valence-electron chi connectivity index (χ1n) is 5.21. The van der Waals surface area contributed by atoms with Crippen LogP contribution in [-0.2, 0) is 0 Å². The summed E-state index contributed by atoms with van der Waals surface area (Å²) in [6, 6.07) is 6.13. The predicted octanol–water partition coefficient (Wildman–Crippen LogP) is 2.64. The molecule has 2 N–H and O–H groups in total. The Morgan fingerprint density at radius 1 is 1.40 bits per heavy atom. The monoisotopic (exact) mass is 221 g/mol. The van der Waals surface area contributed by atoms with Crippen LogP contribution in [0.1, 0.15) is 24.7 Å². The topological polar surface area (TPSA) is 40.7 Å². The lowest BCUT2D eigenvalue weighted by Crippen LogP contribution is -2.13. The van der Waals surface area contributed by atoms with Crippen molar-refractivity contribution in [2.24, 2.45) is 0 Å². The minimum atomic E-state index is 0.385. The lowest BCUT2D eigenvalue weighted by Gasteiger charge is -2.04. The van der Waals surface area contributed by atoms with Crippen molar-refractivity contribution in [1.82, 2.24) is 15.3 Å². The second kappa shape index (κ2) is 3.51. The maximum Gasteiger partial charge on any atom is 0.124 e. The maximum atomic E-state index is 5.92. The molecule has 0 spiro atoms. The molecule has 0 amide bonds. The Morgan fingerprint density at radius 2 is 2.33 bits per heavy atom. The number of hydrogen-bond acceptors (Lipinski definition) is 2. The number of nitrogens with one attached hydrogen (secondary N) is 2. The van der Waals surface area contributed by atoms with Crippen molar-refractivity contribution in [3.63, 3.8) is 0 Å². The Bertz CT molecular complexity index is 486. The molecule has 1 unspecified atom stereocenters. The fourth-order valence-electron chi connectivity index (χ4n) is 2.08. The number of fused-ring (bicyclic) bond motifs is 1. The number of rotatable bonds is 1. The fraction of sp³-hybridized carbons (Fsp3) is 0.364. The van der Waals surface area contributed by atoms with Gasteiger partial charge < -0.3 is 10.3 Å². The maximum absolute atomic E-state index is 5.92. The first-order chi connectivity index (χ1) is 7.33. The van der Waals surface area contributed by atoms with E-state index in [1.807, 2.05) is 18.2 Å². The van der Waals surface area contributed by atoms with Crippen LogP contribution >= 0.6 is 11.6 Å². The Morgan fingerprint density at radius 3 is 3.13 bits per heavy atom. The second-order valence-electron chi connectivity index (χ2n) is 3.93. The van der Waals surface area contributed by atoms with Crippen molar-refractivity contribution < 1.29 is 0 Å². The highest BCUT2D eigenvalue weighted by Crippen LogP contribution is 2.24. The molecule has 78 valence electrons. The van der Waals surface area contributed by atoms with E-state index in [1.54, 1.807) is 0 Å². The smallest absolute Gasteiger partial charge is 0.124 e. The predicted molar refractivity (Wildman–Crippen MR) is 61.1 cm³/mol. The zero-order valence-electron chi connectivity index (χ0n) is 8.26. The van der Waals surface area contributed by atoms with Gasteiger partial charge in [-0.3, -0.25) is 0 Å². The van der Waals surface area contributed by atoms with Gasteiger partial charge in [0, 0.05) is 5.02 Å². The highest BCUT2D eigenvalue weighted by atomic mass is 35.5. The average molecular weight is 222 g/mol. The number of H-pyrrole nitrogens is 1. The van der Waals surface area contributed by atoms with Crippen LogP contribution in [0.15, 0.2) is 18.2 Å². The van der Waals surface area contributed by atoms with Crippen LogP contribution in [0.2, 0.25) is 5.02 Å². The number of halogens is 1. The van der Waals surface area contributed by atoms with E-state index < -0.39 is 0 Å². The van der Waals surface area contributed by atoms with Crippen LogP contribution in [-0.4, -0.2) is 16.5 Å². The molecule has 1 aliphatic heterocycles. The van der Waals surface area contributed by atoms with E-state index in [1.165, 1.54) is 6.42 Å². The molecule has 1 fully saturated rings. The lowest BCUT2D eigenvalue weighted by molar-refractivity contribution is 0.614. The standard InChI is InChI=1S/C11H12ClN3/c12-7-3-4-8-10(6-7)15-11(14-8)9-2-1-5-13-9/h3-4,6,9,13H,1-2,5H2,(H,14,15). The summed E-state index contributed by atoms with van der Waals surface area (Å²) < 4.78 is 0. The third-order valence-electron chi connectivity index (χ3n) is 2.85. The van der Waals surface area contributed by atoms with Crippen molar-refractivity contribution in [1.29, 1.82) is 0 Å². The highest BCUT2D eigenvalue weighted by Gasteiger charge is 2.19. The van der Waals surface area contributed by atoms with E-state index in [4.69, 9.17) is 11.6 Å². The van der Waals surface area contributed by atoms with Gasteiger partial charge in [-0.05, 0) is 37.6 Å². The molecule has 2 aromatic rings. The Balaban J connectivity index is 2.05. The van der Waals surface area contributed by atoms with Crippen LogP contribution in [0.3, 0.4) is 0 Å². The van der Waals surface area contributed by atoms with Crippen LogP contribution in [0, 0.1) is 0 Å². The highest BCUT2D eigenvalue weighted by molar-refractivity contribution is 6.31. The van der Waals surface area contributed by atoms with Gasteiger partial charge in [0.2, 0.25) is 0 Å². The normalized spacial score (nSPS) is 21.3. The summed E-state index contributed by atoms with van der Waals surface area (Å²) in [7, 11) is 0. The molecule has 1 aromatic carbocycles. The van der Waals surface area contributed by atoms with Gasteiger partial charge >= 0.3 is 0 Å². The van der Waals surface area contributed by atoms with Crippen LogP contribution in [0.25, 0.3) is 11.0 Å². The van der Waals surface area contributed by atoms with Gasteiger partial charge in [-0.25, -0.2) is 4.98 Å². The van der Waals surface area contributed by atoms with Gasteiger partial charge in [0.1, 0.15) is 5.82 Å². The quantitative estimate of drug-likeness (QED) is 0.777. The summed E-state index contributed by atoms with van der Waals surface area (Å²) in [5.74, 6) is 1.03. The molecule has 3 rings (SSSR count). The van der Waals surface area contributed by atoms with Crippen molar-refractivity contribution in [2.75, 3.05) is 6.54 Å². The summed E-state index contributed by atoms with van der Waals surface area (Å²) in [6.07, 6.45) is 2.38.